The fraction of sp³-hybridized carbons (Fsp3) is 0.917. The number of ether oxygens (including phenoxy) is 3. The van der Waals surface area contributed by atoms with Gasteiger partial charge in [0, 0.05) is 19.8 Å². The molecule has 1 atom stereocenters. The van der Waals surface area contributed by atoms with Gasteiger partial charge in [-0.3, -0.25) is 0 Å². The monoisotopic (exact) mass is 292 g/mol. The lowest BCUT2D eigenvalue weighted by Crippen LogP contribution is -2.38. The van der Waals surface area contributed by atoms with Crippen LogP contribution in [0.25, 0.3) is 0 Å². The summed E-state index contributed by atoms with van der Waals surface area (Å²) in [6, 6.07) is 0.898. The molecule has 7 heteroatoms. The van der Waals surface area contributed by atoms with Crippen LogP contribution in [0.4, 0.5) is 4.79 Å². The number of hydrogen-bond donors (Lipinski definition) is 0. The number of carbonyl (C=O) groups is 1. The zero-order valence-electron chi connectivity index (χ0n) is 12.0. The lowest BCUT2D eigenvalue weighted by Gasteiger charge is -2.25. The first-order valence-corrected chi connectivity index (χ1v) is 9.31. The van der Waals surface area contributed by atoms with Crippen molar-refractivity contribution in [1.82, 2.24) is 0 Å². The summed E-state index contributed by atoms with van der Waals surface area (Å²) in [6.45, 7) is 8.67. The summed E-state index contributed by atoms with van der Waals surface area (Å²) >= 11 is 0. The van der Waals surface area contributed by atoms with Gasteiger partial charge in [-0.05, 0) is 32.9 Å². The minimum absolute atomic E-state index is 0.269. The van der Waals surface area contributed by atoms with Gasteiger partial charge in [0.15, 0.2) is 6.10 Å². The Morgan fingerprint density at radius 3 is 2.53 bits per heavy atom. The van der Waals surface area contributed by atoms with Crippen molar-refractivity contribution >= 4 is 14.7 Å². The van der Waals surface area contributed by atoms with Crippen molar-refractivity contribution in [1.29, 1.82) is 0 Å². The van der Waals surface area contributed by atoms with Crippen molar-refractivity contribution in [2.75, 3.05) is 33.0 Å². The van der Waals surface area contributed by atoms with Crippen molar-refractivity contribution in [2.45, 2.75) is 39.0 Å². The fourth-order valence-corrected chi connectivity index (χ4v) is 4.33. The van der Waals surface area contributed by atoms with Crippen LogP contribution in [0.5, 0.6) is 0 Å². The molecule has 0 aromatic rings. The Labute approximate surface area is 115 Å². The zero-order chi connectivity index (χ0) is 14.1. The average molecular weight is 292 g/mol. The molecule has 0 N–H and O–H groups in total. The lowest BCUT2D eigenvalue weighted by atomic mass is 10.4. The Kier molecular flexibility index (Phi) is 7.36. The van der Waals surface area contributed by atoms with Gasteiger partial charge in [-0.25, -0.2) is 4.79 Å². The number of carbonyl (C=O) groups excluding carboxylic acids is 1. The van der Waals surface area contributed by atoms with Gasteiger partial charge in [0.1, 0.15) is 6.61 Å². The van der Waals surface area contributed by atoms with Gasteiger partial charge >= 0.3 is 14.7 Å². The SMILES string of the molecule is CCO[Si](C)(CCCOCC1COC(=O)O1)OCC. The topological polar surface area (TPSA) is 63.2 Å². The first-order valence-electron chi connectivity index (χ1n) is 6.78. The minimum Gasteiger partial charge on any atom is -0.430 e. The second kappa shape index (κ2) is 8.52. The summed E-state index contributed by atoms with van der Waals surface area (Å²) in [4.78, 5) is 10.7. The number of hydrogen-bond acceptors (Lipinski definition) is 6. The summed E-state index contributed by atoms with van der Waals surface area (Å²) in [5.74, 6) is 0. The van der Waals surface area contributed by atoms with Crippen molar-refractivity contribution in [3.63, 3.8) is 0 Å². The van der Waals surface area contributed by atoms with E-state index in [1.165, 1.54) is 0 Å². The Morgan fingerprint density at radius 1 is 1.32 bits per heavy atom. The van der Waals surface area contributed by atoms with E-state index < -0.39 is 14.7 Å². The molecule has 6 nitrogen and oxygen atoms in total. The largest absolute Gasteiger partial charge is 0.508 e. The highest BCUT2D eigenvalue weighted by Gasteiger charge is 2.30. The van der Waals surface area contributed by atoms with E-state index in [-0.39, 0.29) is 12.7 Å². The normalized spacial score (nSPS) is 19.3. The Morgan fingerprint density at radius 2 is 2.00 bits per heavy atom. The van der Waals surface area contributed by atoms with E-state index in [0.717, 1.165) is 12.5 Å². The molecule has 1 aliphatic rings. The predicted octanol–water partition coefficient (Wildman–Crippen LogP) is 2.07. The number of cyclic esters (lactones) is 2. The molecule has 19 heavy (non-hydrogen) atoms. The van der Waals surface area contributed by atoms with Crippen LogP contribution in [0.2, 0.25) is 12.6 Å². The predicted molar refractivity (Wildman–Crippen MR) is 71.3 cm³/mol. The molecule has 0 spiro atoms. The zero-order valence-corrected chi connectivity index (χ0v) is 13.0. The molecule has 1 aliphatic heterocycles. The molecule has 0 amide bonds. The Hall–Kier alpha value is -0.633. The summed E-state index contributed by atoms with van der Waals surface area (Å²) in [7, 11) is -2.03. The van der Waals surface area contributed by atoms with Gasteiger partial charge in [0.2, 0.25) is 0 Å². The summed E-state index contributed by atoms with van der Waals surface area (Å²) < 4.78 is 26.5. The van der Waals surface area contributed by atoms with Crippen LogP contribution in [-0.2, 0) is 23.1 Å². The molecule has 0 saturated carbocycles. The van der Waals surface area contributed by atoms with Crippen molar-refractivity contribution in [3.8, 4) is 0 Å². The van der Waals surface area contributed by atoms with Gasteiger partial charge in [-0.15, -0.1) is 0 Å². The molecule has 1 heterocycles. The van der Waals surface area contributed by atoms with Crippen LogP contribution in [0.15, 0.2) is 0 Å². The van der Waals surface area contributed by atoms with Gasteiger partial charge in [0.25, 0.3) is 0 Å². The second-order valence-corrected chi connectivity index (χ2v) is 7.82. The molecule has 1 fully saturated rings. The van der Waals surface area contributed by atoms with E-state index in [9.17, 15) is 4.79 Å². The standard InChI is InChI=1S/C12H24O6Si/c1-4-16-19(3,17-5-2)8-6-7-14-9-11-10-15-12(13)18-11/h11H,4-10H2,1-3H3. The molecule has 0 radical (unpaired) electrons. The molecular formula is C12H24O6Si. The van der Waals surface area contributed by atoms with Gasteiger partial charge < -0.3 is 23.1 Å². The van der Waals surface area contributed by atoms with Crippen LogP contribution < -0.4 is 0 Å². The minimum atomic E-state index is -2.03. The molecule has 0 aromatic carbocycles. The van der Waals surface area contributed by atoms with Gasteiger partial charge in [-0.2, -0.15) is 0 Å². The van der Waals surface area contributed by atoms with E-state index in [2.05, 4.69) is 11.3 Å². The van der Waals surface area contributed by atoms with E-state index in [0.29, 0.717) is 26.4 Å². The quantitative estimate of drug-likeness (QED) is 0.349. The maximum Gasteiger partial charge on any atom is 0.508 e. The molecule has 112 valence electrons. The molecule has 1 saturated heterocycles. The van der Waals surface area contributed by atoms with E-state index in [1.54, 1.807) is 0 Å². The molecular weight excluding hydrogens is 268 g/mol. The third-order valence-electron chi connectivity index (χ3n) is 2.77. The van der Waals surface area contributed by atoms with E-state index >= 15 is 0 Å². The maximum atomic E-state index is 10.7. The summed E-state index contributed by atoms with van der Waals surface area (Å²) in [5.41, 5.74) is 0. The van der Waals surface area contributed by atoms with Gasteiger partial charge in [-0.1, -0.05) is 0 Å². The molecule has 1 unspecified atom stereocenters. The third-order valence-corrected chi connectivity index (χ3v) is 5.83. The van der Waals surface area contributed by atoms with Crippen LogP contribution in [0.1, 0.15) is 20.3 Å². The van der Waals surface area contributed by atoms with Gasteiger partial charge in [0.05, 0.1) is 6.61 Å². The average Bonchev–Trinajstić information content (AvgIpc) is 2.75. The first kappa shape index (κ1) is 16.4. The van der Waals surface area contributed by atoms with E-state index in [4.69, 9.17) is 18.3 Å². The van der Waals surface area contributed by atoms with Crippen molar-refractivity contribution < 1.29 is 27.9 Å². The molecule has 0 aromatic heterocycles. The summed E-state index contributed by atoms with van der Waals surface area (Å²) in [5, 5.41) is 0. The van der Waals surface area contributed by atoms with Crippen molar-refractivity contribution in [2.24, 2.45) is 0 Å². The molecule has 1 rings (SSSR count). The van der Waals surface area contributed by atoms with Crippen molar-refractivity contribution in [3.05, 3.63) is 0 Å². The summed E-state index contributed by atoms with van der Waals surface area (Å²) in [6.07, 6.45) is 0.000681. The van der Waals surface area contributed by atoms with Crippen LogP contribution in [0.3, 0.4) is 0 Å². The van der Waals surface area contributed by atoms with E-state index in [1.807, 2.05) is 13.8 Å². The maximum absolute atomic E-state index is 10.7. The van der Waals surface area contributed by atoms with Crippen LogP contribution in [0, 0.1) is 0 Å². The molecule has 0 bridgehead atoms. The Bertz CT molecular complexity index is 267. The Balaban J connectivity index is 2.09. The first-order chi connectivity index (χ1) is 9.09. The highest BCUT2D eigenvalue weighted by atomic mass is 28.4. The number of rotatable bonds is 10. The van der Waals surface area contributed by atoms with Crippen LogP contribution >= 0.6 is 0 Å². The molecule has 0 aliphatic carbocycles. The second-order valence-electron chi connectivity index (χ2n) is 4.48. The highest BCUT2D eigenvalue weighted by molar-refractivity contribution is 6.66. The smallest absolute Gasteiger partial charge is 0.430 e. The van der Waals surface area contributed by atoms with Crippen LogP contribution in [-0.4, -0.2) is 53.9 Å². The highest BCUT2D eigenvalue weighted by Crippen LogP contribution is 2.16. The lowest BCUT2D eigenvalue weighted by molar-refractivity contribution is 0.0453. The fourth-order valence-electron chi connectivity index (χ4n) is 1.95. The third kappa shape index (κ3) is 6.37.